The van der Waals surface area contributed by atoms with Crippen LogP contribution in [0.4, 0.5) is 10.1 Å². The molecule has 1 fully saturated rings. The summed E-state index contributed by atoms with van der Waals surface area (Å²) < 4.78 is 13.5. The van der Waals surface area contributed by atoms with E-state index in [4.69, 9.17) is 34.8 Å². The number of nitrogens with zero attached hydrogens (tertiary/aromatic N) is 3. The predicted octanol–water partition coefficient (Wildman–Crippen LogP) is 5.24. The Morgan fingerprint density at radius 1 is 1.04 bits per heavy atom. The van der Waals surface area contributed by atoms with Crippen molar-refractivity contribution in [3.63, 3.8) is 0 Å². The van der Waals surface area contributed by atoms with Crippen LogP contribution in [0.3, 0.4) is 0 Å². The highest BCUT2D eigenvalue weighted by Crippen LogP contribution is 2.33. The first kappa shape index (κ1) is 21.2. The molecule has 150 valence electrons. The van der Waals surface area contributed by atoms with E-state index in [0.717, 1.165) is 24.2 Å². The van der Waals surface area contributed by atoms with Gasteiger partial charge in [-0.3, -0.25) is 9.78 Å². The van der Waals surface area contributed by atoms with E-state index >= 15 is 0 Å². The first-order valence-electron chi connectivity index (χ1n) is 9.21. The quantitative estimate of drug-likeness (QED) is 0.632. The van der Waals surface area contributed by atoms with Crippen LogP contribution in [0.2, 0.25) is 15.1 Å². The van der Waals surface area contributed by atoms with Crippen LogP contribution in [0.5, 0.6) is 0 Å². The summed E-state index contributed by atoms with van der Waals surface area (Å²) in [7, 11) is 0. The Labute approximate surface area is 179 Å². The van der Waals surface area contributed by atoms with Gasteiger partial charge in [0.1, 0.15) is 5.82 Å². The smallest absolute Gasteiger partial charge is 0.222 e. The molecule has 3 rings (SSSR count). The maximum absolute atomic E-state index is 13.5. The number of hydrogen-bond acceptors (Lipinski definition) is 3. The molecular formula is C20H21Cl3FN3O. The van der Waals surface area contributed by atoms with Crippen molar-refractivity contribution in [3.05, 3.63) is 57.0 Å². The molecule has 0 saturated carbocycles. The van der Waals surface area contributed by atoms with Gasteiger partial charge in [-0.05, 0) is 37.0 Å². The molecule has 0 spiro atoms. The van der Waals surface area contributed by atoms with E-state index in [9.17, 15) is 9.18 Å². The summed E-state index contributed by atoms with van der Waals surface area (Å²) in [6.07, 6.45) is 5.74. The molecule has 0 bridgehead atoms. The van der Waals surface area contributed by atoms with Crippen LogP contribution >= 0.6 is 34.8 Å². The number of carbonyl (C=O) groups excluding carboxylic acids is 1. The largest absolute Gasteiger partial charge is 0.367 e. The fourth-order valence-corrected chi connectivity index (χ4v) is 4.12. The second kappa shape index (κ2) is 9.77. The molecule has 1 aliphatic heterocycles. The number of pyridine rings is 1. The maximum atomic E-state index is 13.5. The standard InChI is InChI=1S/C20H21Cl3FN3O/c21-15-6-5-14(11-18(15)24)3-1-4-19(28)26-7-2-8-27(10-9-26)20-16(22)12-25-13-17(20)23/h5-6,11-13H,1-4,7-10H2. The van der Waals surface area contributed by atoms with Crippen LogP contribution in [-0.2, 0) is 11.2 Å². The summed E-state index contributed by atoms with van der Waals surface area (Å²) in [5, 5.41) is 1.15. The van der Waals surface area contributed by atoms with E-state index < -0.39 is 5.82 Å². The van der Waals surface area contributed by atoms with Crippen molar-refractivity contribution in [1.29, 1.82) is 0 Å². The fourth-order valence-electron chi connectivity index (χ4n) is 3.39. The minimum Gasteiger partial charge on any atom is -0.367 e. The van der Waals surface area contributed by atoms with Crippen LogP contribution < -0.4 is 4.90 Å². The monoisotopic (exact) mass is 443 g/mol. The molecule has 0 N–H and O–H groups in total. The van der Waals surface area contributed by atoms with Crippen molar-refractivity contribution < 1.29 is 9.18 Å². The summed E-state index contributed by atoms with van der Waals surface area (Å²) in [5.41, 5.74) is 1.62. The summed E-state index contributed by atoms with van der Waals surface area (Å²) in [6, 6.07) is 4.77. The van der Waals surface area contributed by atoms with Crippen LogP contribution in [0.1, 0.15) is 24.8 Å². The number of anilines is 1. The minimum absolute atomic E-state index is 0.114. The number of hydrogen-bond donors (Lipinski definition) is 0. The molecular weight excluding hydrogens is 424 g/mol. The third-order valence-electron chi connectivity index (χ3n) is 4.83. The van der Waals surface area contributed by atoms with E-state index in [1.54, 1.807) is 24.5 Å². The molecule has 0 unspecified atom stereocenters. The van der Waals surface area contributed by atoms with Gasteiger partial charge in [0.05, 0.1) is 20.8 Å². The van der Waals surface area contributed by atoms with Crippen LogP contribution in [0, 0.1) is 5.82 Å². The Balaban J connectivity index is 1.52. The highest BCUT2D eigenvalue weighted by Gasteiger charge is 2.22. The highest BCUT2D eigenvalue weighted by molar-refractivity contribution is 6.38. The Kier molecular flexibility index (Phi) is 7.38. The average Bonchev–Trinajstić information content (AvgIpc) is 2.91. The van der Waals surface area contributed by atoms with Crippen molar-refractivity contribution in [3.8, 4) is 0 Å². The summed E-state index contributed by atoms with van der Waals surface area (Å²) in [5.74, 6) is -0.310. The number of rotatable bonds is 5. The van der Waals surface area contributed by atoms with Crippen molar-refractivity contribution >= 4 is 46.4 Å². The second-order valence-electron chi connectivity index (χ2n) is 6.78. The summed E-state index contributed by atoms with van der Waals surface area (Å²) >= 11 is 18.2. The van der Waals surface area contributed by atoms with Gasteiger partial charge in [0.15, 0.2) is 0 Å². The molecule has 28 heavy (non-hydrogen) atoms. The number of aromatic nitrogens is 1. The molecule has 8 heteroatoms. The lowest BCUT2D eigenvalue weighted by Crippen LogP contribution is -2.35. The van der Waals surface area contributed by atoms with Gasteiger partial charge in [0.25, 0.3) is 0 Å². The third kappa shape index (κ3) is 5.28. The SMILES string of the molecule is O=C(CCCc1ccc(Cl)c(F)c1)N1CCCN(c2c(Cl)cncc2Cl)CC1. The Morgan fingerprint density at radius 3 is 2.50 bits per heavy atom. The fraction of sp³-hybridized carbons (Fsp3) is 0.400. The number of aryl methyl sites for hydroxylation is 1. The normalized spacial score (nSPS) is 14.9. The van der Waals surface area contributed by atoms with Gasteiger partial charge in [-0.1, -0.05) is 40.9 Å². The first-order valence-corrected chi connectivity index (χ1v) is 10.3. The molecule has 0 aliphatic carbocycles. The number of carbonyl (C=O) groups is 1. The minimum atomic E-state index is -0.425. The maximum Gasteiger partial charge on any atom is 0.222 e. The summed E-state index contributed by atoms with van der Waals surface area (Å²) in [6.45, 7) is 2.75. The van der Waals surface area contributed by atoms with E-state index in [1.165, 1.54) is 6.07 Å². The lowest BCUT2D eigenvalue weighted by Gasteiger charge is -2.25. The molecule has 2 aromatic rings. The van der Waals surface area contributed by atoms with Gasteiger partial charge >= 0.3 is 0 Å². The Hall–Kier alpha value is -1.56. The van der Waals surface area contributed by atoms with Gasteiger partial charge in [-0.15, -0.1) is 0 Å². The first-order chi connectivity index (χ1) is 13.5. The molecule has 1 aromatic heterocycles. The molecule has 2 heterocycles. The van der Waals surface area contributed by atoms with Crippen molar-refractivity contribution in [1.82, 2.24) is 9.88 Å². The van der Waals surface area contributed by atoms with Gasteiger partial charge in [-0.2, -0.15) is 0 Å². The van der Waals surface area contributed by atoms with E-state index in [1.807, 2.05) is 4.90 Å². The molecule has 1 aliphatic rings. The Bertz CT molecular complexity index is 829. The van der Waals surface area contributed by atoms with Gasteiger partial charge in [0.2, 0.25) is 5.91 Å². The predicted molar refractivity (Wildman–Crippen MR) is 112 cm³/mol. The second-order valence-corrected chi connectivity index (χ2v) is 8.00. The zero-order valence-corrected chi connectivity index (χ0v) is 17.6. The lowest BCUT2D eigenvalue weighted by atomic mass is 10.1. The third-order valence-corrected chi connectivity index (χ3v) is 5.69. The molecule has 0 radical (unpaired) electrons. The Morgan fingerprint density at radius 2 is 1.79 bits per heavy atom. The van der Waals surface area contributed by atoms with Crippen LogP contribution in [0.25, 0.3) is 0 Å². The molecule has 1 aromatic carbocycles. The molecule has 1 saturated heterocycles. The van der Waals surface area contributed by atoms with Crippen molar-refractivity contribution in [2.45, 2.75) is 25.7 Å². The van der Waals surface area contributed by atoms with E-state index in [-0.39, 0.29) is 10.9 Å². The van der Waals surface area contributed by atoms with Crippen LogP contribution in [-0.4, -0.2) is 42.0 Å². The highest BCUT2D eigenvalue weighted by atomic mass is 35.5. The van der Waals surface area contributed by atoms with Crippen LogP contribution in [0.15, 0.2) is 30.6 Å². The molecule has 1 amide bonds. The summed E-state index contributed by atoms with van der Waals surface area (Å²) in [4.78, 5) is 20.6. The zero-order chi connectivity index (χ0) is 20.1. The van der Waals surface area contributed by atoms with E-state index in [0.29, 0.717) is 48.9 Å². The van der Waals surface area contributed by atoms with Crippen molar-refractivity contribution in [2.24, 2.45) is 0 Å². The molecule has 0 atom stereocenters. The van der Waals surface area contributed by atoms with E-state index in [2.05, 4.69) is 9.88 Å². The number of benzene rings is 1. The van der Waals surface area contributed by atoms with Gasteiger partial charge in [-0.25, -0.2) is 4.39 Å². The molecule has 4 nitrogen and oxygen atoms in total. The van der Waals surface area contributed by atoms with Crippen molar-refractivity contribution in [2.75, 3.05) is 31.1 Å². The lowest BCUT2D eigenvalue weighted by molar-refractivity contribution is -0.131. The zero-order valence-electron chi connectivity index (χ0n) is 15.3. The number of amides is 1. The number of halogens is 4. The average molecular weight is 445 g/mol. The topological polar surface area (TPSA) is 36.4 Å². The van der Waals surface area contributed by atoms with Gasteiger partial charge in [0, 0.05) is 45.0 Å². The van der Waals surface area contributed by atoms with Gasteiger partial charge < -0.3 is 9.80 Å².